The first-order valence-corrected chi connectivity index (χ1v) is 12.5. The number of oxazole rings is 1. The molecule has 1 fully saturated rings. The molecule has 10 heteroatoms. The fraction of sp³-hybridized carbons (Fsp3) is 0.429. The molecule has 1 aliphatic heterocycles. The maximum Gasteiger partial charge on any atom is 0.420 e. The molecule has 1 aromatic carbocycles. The van der Waals surface area contributed by atoms with Gasteiger partial charge in [-0.2, -0.15) is 4.31 Å². The standard InChI is InChI=1S/C21H25N3O5S2/c1-14-8-15(2)12-23(11-14)31(27,28)17-5-6-18-19(9-17)29-21(26)24(18)13-20(25)22-10-16-4-3-7-30-16/h3-7,9,14-15H,8,10-13H2,1-2H3,(H,22,25)/t14-,15+. The van der Waals surface area contributed by atoms with Gasteiger partial charge in [0.1, 0.15) is 6.54 Å². The average molecular weight is 464 g/mol. The van der Waals surface area contributed by atoms with E-state index in [0.717, 1.165) is 11.3 Å². The summed E-state index contributed by atoms with van der Waals surface area (Å²) in [5.41, 5.74) is 0.533. The number of hydrogen-bond acceptors (Lipinski definition) is 6. The van der Waals surface area contributed by atoms with Crippen LogP contribution in [0.15, 0.2) is 49.8 Å². The molecule has 1 amide bonds. The van der Waals surface area contributed by atoms with Crippen LogP contribution >= 0.6 is 11.3 Å². The Morgan fingerprint density at radius 2 is 1.97 bits per heavy atom. The second kappa shape index (κ2) is 8.60. The number of thiophene rings is 1. The van der Waals surface area contributed by atoms with Crippen molar-refractivity contribution in [2.75, 3.05) is 13.1 Å². The number of amides is 1. The predicted octanol–water partition coefficient (Wildman–Crippen LogP) is 2.64. The number of aromatic nitrogens is 1. The van der Waals surface area contributed by atoms with Crippen LogP contribution in [0.4, 0.5) is 0 Å². The number of fused-ring (bicyclic) bond motifs is 1. The Kier molecular flexibility index (Phi) is 6.05. The van der Waals surface area contributed by atoms with Gasteiger partial charge in [-0.25, -0.2) is 13.2 Å². The molecule has 3 heterocycles. The summed E-state index contributed by atoms with van der Waals surface area (Å²) in [6.45, 7) is 5.22. The molecule has 166 valence electrons. The Balaban J connectivity index is 1.55. The Labute approximate surface area is 184 Å². The molecular formula is C21H25N3O5S2. The summed E-state index contributed by atoms with van der Waals surface area (Å²) in [7, 11) is -3.70. The molecule has 1 N–H and O–H groups in total. The maximum atomic E-state index is 13.1. The number of carbonyl (C=O) groups is 1. The van der Waals surface area contributed by atoms with E-state index in [1.165, 1.54) is 38.4 Å². The highest BCUT2D eigenvalue weighted by atomic mass is 32.2. The first-order valence-electron chi connectivity index (χ1n) is 10.2. The zero-order valence-corrected chi connectivity index (χ0v) is 19.0. The van der Waals surface area contributed by atoms with Gasteiger partial charge in [0.2, 0.25) is 15.9 Å². The number of piperidine rings is 1. The van der Waals surface area contributed by atoms with Gasteiger partial charge >= 0.3 is 5.76 Å². The molecule has 0 spiro atoms. The summed E-state index contributed by atoms with van der Waals surface area (Å²) in [5.74, 6) is -0.454. The summed E-state index contributed by atoms with van der Waals surface area (Å²) in [5, 5.41) is 4.69. The molecule has 1 aliphatic rings. The SMILES string of the molecule is C[C@@H]1C[C@H](C)CN(S(=O)(=O)c2ccc3c(c2)oc(=O)n3CC(=O)NCc2cccs2)C1. The van der Waals surface area contributed by atoms with Crippen LogP contribution in [0.5, 0.6) is 0 Å². The minimum Gasteiger partial charge on any atom is -0.408 e. The van der Waals surface area contributed by atoms with Gasteiger partial charge in [-0.15, -0.1) is 11.3 Å². The number of carbonyl (C=O) groups excluding carboxylic acids is 1. The van der Waals surface area contributed by atoms with E-state index in [1.807, 2.05) is 31.4 Å². The highest BCUT2D eigenvalue weighted by molar-refractivity contribution is 7.89. The highest BCUT2D eigenvalue weighted by Crippen LogP contribution is 2.28. The molecule has 2 aromatic heterocycles. The Bertz CT molecular complexity index is 1230. The lowest BCUT2D eigenvalue weighted by molar-refractivity contribution is -0.121. The van der Waals surface area contributed by atoms with Crippen molar-refractivity contribution in [3.05, 3.63) is 51.1 Å². The molecule has 8 nitrogen and oxygen atoms in total. The Morgan fingerprint density at radius 1 is 1.23 bits per heavy atom. The molecule has 0 saturated carbocycles. The lowest BCUT2D eigenvalue weighted by atomic mass is 9.94. The molecule has 3 aromatic rings. The largest absolute Gasteiger partial charge is 0.420 e. The van der Waals surface area contributed by atoms with Crippen molar-refractivity contribution in [1.82, 2.24) is 14.2 Å². The van der Waals surface area contributed by atoms with E-state index >= 15 is 0 Å². The van der Waals surface area contributed by atoms with Crippen LogP contribution in [-0.2, 0) is 27.9 Å². The Hall–Kier alpha value is -2.43. The van der Waals surface area contributed by atoms with Crippen LogP contribution in [0, 0.1) is 11.8 Å². The third-order valence-corrected chi connectivity index (χ3v) is 8.16. The minimum absolute atomic E-state index is 0.0874. The first-order chi connectivity index (χ1) is 14.7. The van der Waals surface area contributed by atoms with E-state index in [-0.39, 0.29) is 34.8 Å². The van der Waals surface area contributed by atoms with Crippen molar-refractivity contribution in [3.63, 3.8) is 0 Å². The van der Waals surface area contributed by atoms with Crippen LogP contribution in [0.2, 0.25) is 0 Å². The third-order valence-electron chi connectivity index (χ3n) is 5.45. The van der Waals surface area contributed by atoms with Gasteiger partial charge in [-0.1, -0.05) is 19.9 Å². The van der Waals surface area contributed by atoms with Gasteiger partial charge in [0.25, 0.3) is 0 Å². The second-order valence-electron chi connectivity index (χ2n) is 8.21. The van der Waals surface area contributed by atoms with Gasteiger partial charge in [-0.05, 0) is 41.8 Å². The molecule has 31 heavy (non-hydrogen) atoms. The van der Waals surface area contributed by atoms with E-state index < -0.39 is 15.8 Å². The van der Waals surface area contributed by atoms with Gasteiger partial charge in [0.15, 0.2) is 5.58 Å². The summed E-state index contributed by atoms with van der Waals surface area (Å²) in [6.07, 6.45) is 0.997. The van der Waals surface area contributed by atoms with E-state index in [9.17, 15) is 18.0 Å². The molecule has 2 atom stereocenters. The fourth-order valence-electron chi connectivity index (χ4n) is 4.11. The molecule has 1 saturated heterocycles. The smallest absolute Gasteiger partial charge is 0.408 e. The number of nitrogens with zero attached hydrogens (tertiary/aromatic N) is 2. The number of rotatable bonds is 6. The van der Waals surface area contributed by atoms with Crippen LogP contribution < -0.4 is 11.1 Å². The lowest BCUT2D eigenvalue weighted by Gasteiger charge is -2.34. The number of hydrogen-bond donors (Lipinski definition) is 1. The summed E-state index contributed by atoms with van der Waals surface area (Å²) < 4.78 is 34.2. The van der Waals surface area contributed by atoms with E-state index in [2.05, 4.69) is 5.32 Å². The van der Waals surface area contributed by atoms with E-state index in [4.69, 9.17) is 4.42 Å². The quantitative estimate of drug-likeness (QED) is 0.606. The van der Waals surface area contributed by atoms with Crippen molar-refractivity contribution < 1.29 is 17.6 Å². The second-order valence-corrected chi connectivity index (χ2v) is 11.2. The van der Waals surface area contributed by atoms with Gasteiger partial charge < -0.3 is 9.73 Å². The number of sulfonamides is 1. The van der Waals surface area contributed by atoms with Crippen molar-refractivity contribution >= 4 is 38.4 Å². The topological polar surface area (TPSA) is 102 Å². The number of nitrogens with one attached hydrogen (secondary N) is 1. The van der Waals surface area contributed by atoms with Crippen molar-refractivity contribution in [3.8, 4) is 0 Å². The van der Waals surface area contributed by atoms with Crippen LogP contribution in [0.1, 0.15) is 25.1 Å². The predicted molar refractivity (Wildman–Crippen MR) is 118 cm³/mol. The van der Waals surface area contributed by atoms with Crippen LogP contribution in [-0.4, -0.2) is 36.3 Å². The van der Waals surface area contributed by atoms with Gasteiger partial charge in [-0.3, -0.25) is 9.36 Å². The van der Waals surface area contributed by atoms with Crippen LogP contribution in [0.3, 0.4) is 0 Å². The molecule has 0 radical (unpaired) electrons. The molecule has 0 unspecified atom stereocenters. The number of benzene rings is 1. The highest BCUT2D eigenvalue weighted by Gasteiger charge is 2.32. The first kappa shape index (κ1) is 21.8. The zero-order valence-electron chi connectivity index (χ0n) is 17.4. The summed E-state index contributed by atoms with van der Waals surface area (Å²) >= 11 is 1.53. The molecule has 0 aliphatic carbocycles. The lowest BCUT2D eigenvalue weighted by Crippen LogP contribution is -2.42. The maximum absolute atomic E-state index is 13.1. The molecular weight excluding hydrogens is 438 g/mol. The third kappa shape index (κ3) is 4.60. The Morgan fingerprint density at radius 3 is 2.65 bits per heavy atom. The monoisotopic (exact) mass is 463 g/mol. The summed E-state index contributed by atoms with van der Waals surface area (Å²) in [6, 6.07) is 8.18. The molecule has 0 bridgehead atoms. The average Bonchev–Trinajstić information content (AvgIpc) is 3.33. The van der Waals surface area contributed by atoms with Gasteiger partial charge in [0, 0.05) is 24.0 Å². The normalized spacial score (nSPS) is 20.2. The van der Waals surface area contributed by atoms with Crippen molar-refractivity contribution in [2.24, 2.45) is 11.8 Å². The summed E-state index contributed by atoms with van der Waals surface area (Å²) in [4.78, 5) is 25.7. The molecule has 4 rings (SSSR count). The van der Waals surface area contributed by atoms with Gasteiger partial charge in [0.05, 0.1) is 17.0 Å². The van der Waals surface area contributed by atoms with Crippen LogP contribution in [0.25, 0.3) is 11.1 Å². The zero-order chi connectivity index (χ0) is 22.2. The fourth-order valence-corrected chi connectivity index (χ4v) is 6.45. The minimum atomic E-state index is -3.70. The van der Waals surface area contributed by atoms with Crippen molar-refractivity contribution in [1.29, 1.82) is 0 Å². The van der Waals surface area contributed by atoms with Crippen molar-refractivity contribution in [2.45, 2.75) is 38.3 Å². The van der Waals surface area contributed by atoms with E-state index in [0.29, 0.717) is 25.2 Å². The van der Waals surface area contributed by atoms with E-state index in [1.54, 1.807) is 0 Å².